The summed E-state index contributed by atoms with van der Waals surface area (Å²) in [7, 11) is -3.86. The molecule has 1 unspecified atom stereocenters. The van der Waals surface area contributed by atoms with E-state index in [0.717, 1.165) is 11.8 Å². The van der Waals surface area contributed by atoms with Crippen molar-refractivity contribution in [3.8, 4) is 0 Å². The van der Waals surface area contributed by atoms with Crippen LogP contribution in [0.5, 0.6) is 0 Å². The van der Waals surface area contributed by atoms with Gasteiger partial charge < -0.3 is 16.8 Å². The molecule has 0 aliphatic rings. The molecule has 0 spiro atoms. The molecular weight excluding hydrogens is 428 g/mol. The molecule has 6 N–H and O–H groups in total. The van der Waals surface area contributed by atoms with Crippen molar-refractivity contribution in [1.82, 2.24) is 19.9 Å². The summed E-state index contributed by atoms with van der Waals surface area (Å²) in [6.07, 6.45) is 2.84. The second-order valence-electron chi connectivity index (χ2n) is 5.95. The minimum atomic E-state index is -3.86. The van der Waals surface area contributed by atoms with E-state index in [1.807, 2.05) is 0 Å². The van der Waals surface area contributed by atoms with Gasteiger partial charge in [-0.3, -0.25) is 4.79 Å². The molecule has 2 heterocycles. The summed E-state index contributed by atoms with van der Waals surface area (Å²) in [5, 5.41) is 2.44. The summed E-state index contributed by atoms with van der Waals surface area (Å²) in [4.78, 5) is 28.1. The zero-order chi connectivity index (χ0) is 21.7. The van der Waals surface area contributed by atoms with Gasteiger partial charge >= 0.3 is 0 Å². The Bertz CT molecular complexity index is 1120. The molecule has 1 atom stereocenters. The van der Waals surface area contributed by atoms with Crippen LogP contribution in [0.15, 0.2) is 58.8 Å². The van der Waals surface area contributed by atoms with Gasteiger partial charge in [0.25, 0.3) is 10.0 Å². The van der Waals surface area contributed by atoms with Crippen molar-refractivity contribution < 1.29 is 13.2 Å². The number of thioether (sulfide) groups is 1. The van der Waals surface area contributed by atoms with Crippen LogP contribution in [-0.4, -0.2) is 39.5 Å². The molecule has 0 saturated heterocycles. The van der Waals surface area contributed by atoms with Gasteiger partial charge in [-0.15, -0.1) is 0 Å². The van der Waals surface area contributed by atoms with Crippen molar-refractivity contribution in [2.45, 2.75) is 22.2 Å². The lowest BCUT2D eigenvalue weighted by atomic mass is 10.3. The van der Waals surface area contributed by atoms with Crippen molar-refractivity contribution in [2.24, 2.45) is 0 Å². The third-order valence-corrected chi connectivity index (χ3v) is 5.93. The molecule has 3 aromatic rings. The molecule has 1 aromatic carbocycles. The standard InChI is InChI=1S/C17H18N8O3S2/c1-10(29-17-23-13(18)9-14(19)24-17)15(26)22-11-3-5-12(6-4-11)30(27,28)25-16-20-7-2-8-21-16/h2-10H,1H3,(H,22,26)(H,20,21,25)(H4,18,19,23,24). The summed E-state index contributed by atoms with van der Waals surface area (Å²) in [5.74, 6) is 0.0639. The number of hydrogen-bond acceptors (Lipinski definition) is 10. The lowest BCUT2D eigenvalue weighted by molar-refractivity contribution is -0.115. The van der Waals surface area contributed by atoms with Gasteiger partial charge in [0.05, 0.1) is 10.1 Å². The van der Waals surface area contributed by atoms with Gasteiger partial charge in [0.1, 0.15) is 11.6 Å². The Morgan fingerprint density at radius 1 is 1.07 bits per heavy atom. The highest BCUT2D eigenvalue weighted by molar-refractivity contribution is 8.00. The van der Waals surface area contributed by atoms with E-state index in [0.29, 0.717) is 5.69 Å². The van der Waals surface area contributed by atoms with E-state index in [4.69, 9.17) is 11.5 Å². The minimum Gasteiger partial charge on any atom is -0.383 e. The van der Waals surface area contributed by atoms with Crippen LogP contribution in [0.1, 0.15) is 6.92 Å². The number of carbonyl (C=O) groups is 1. The fraction of sp³-hybridized carbons (Fsp3) is 0.118. The summed E-state index contributed by atoms with van der Waals surface area (Å²) in [6, 6.07) is 8.67. The van der Waals surface area contributed by atoms with Crippen LogP contribution in [0.2, 0.25) is 0 Å². The Labute approximate surface area is 176 Å². The van der Waals surface area contributed by atoms with Crippen LogP contribution in [0.4, 0.5) is 23.3 Å². The van der Waals surface area contributed by atoms with Gasteiger partial charge in [-0.05, 0) is 37.3 Å². The fourth-order valence-corrected chi connectivity index (χ4v) is 3.97. The zero-order valence-electron chi connectivity index (χ0n) is 15.7. The molecule has 2 aromatic heterocycles. The molecule has 0 aliphatic heterocycles. The molecule has 0 saturated carbocycles. The molecule has 156 valence electrons. The molecule has 0 aliphatic carbocycles. The molecule has 0 radical (unpaired) electrons. The molecule has 13 heteroatoms. The summed E-state index contributed by atoms with van der Waals surface area (Å²) in [5.41, 5.74) is 11.7. The van der Waals surface area contributed by atoms with Crippen molar-refractivity contribution in [3.63, 3.8) is 0 Å². The second kappa shape index (κ2) is 8.92. The van der Waals surface area contributed by atoms with E-state index < -0.39 is 15.3 Å². The zero-order valence-corrected chi connectivity index (χ0v) is 17.3. The van der Waals surface area contributed by atoms with Crippen LogP contribution >= 0.6 is 11.8 Å². The lowest BCUT2D eigenvalue weighted by Crippen LogP contribution is -2.23. The SMILES string of the molecule is CC(Sc1nc(N)cc(N)n1)C(=O)Nc1ccc(S(=O)(=O)Nc2ncccn2)cc1. The Morgan fingerprint density at radius 3 is 2.27 bits per heavy atom. The van der Waals surface area contributed by atoms with Crippen molar-refractivity contribution in [2.75, 3.05) is 21.5 Å². The monoisotopic (exact) mass is 446 g/mol. The van der Waals surface area contributed by atoms with E-state index in [9.17, 15) is 13.2 Å². The number of nitrogens with one attached hydrogen (secondary N) is 2. The van der Waals surface area contributed by atoms with Crippen molar-refractivity contribution >= 4 is 51.0 Å². The smallest absolute Gasteiger partial charge is 0.264 e. The largest absolute Gasteiger partial charge is 0.383 e. The third kappa shape index (κ3) is 5.55. The van der Waals surface area contributed by atoms with Gasteiger partial charge in [0.2, 0.25) is 11.9 Å². The highest BCUT2D eigenvalue weighted by atomic mass is 32.2. The van der Waals surface area contributed by atoms with Crippen molar-refractivity contribution in [3.05, 3.63) is 48.8 Å². The number of carbonyl (C=O) groups excluding carboxylic acids is 1. The van der Waals surface area contributed by atoms with Crippen LogP contribution in [0.25, 0.3) is 0 Å². The number of hydrogen-bond donors (Lipinski definition) is 4. The number of anilines is 4. The number of rotatable bonds is 7. The number of nitrogens with two attached hydrogens (primary N) is 2. The highest BCUT2D eigenvalue weighted by Crippen LogP contribution is 2.23. The quantitative estimate of drug-likeness (QED) is 0.306. The Morgan fingerprint density at radius 2 is 1.67 bits per heavy atom. The summed E-state index contributed by atoms with van der Waals surface area (Å²) >= 11 is 1.09. The third-order valence-electron chi connectivity index (χ3n) is 3.62. The predicted molar refractivity (Wildman–Crippen MR) is 114 cm³/mol. The van der Waals surface area contributed by atoms with Gasteiger partial charge in [-0.2, -0.15) is 0 Å². The van der Waals surface area contributed by atoms with Gasteiger partial charge in [-0.25, -0.2) is 33.1 Å². The number of benzene rings is 1. The van der Waals surface area contributed by atoms with Crippen LogP contribution in [0, 0.1) is 0 Å². The number of sulfonamides is 1. The minimum absolute atomic E-state index is 0.000915. The van der Waals surface area contributed by atoms with Crippen LogP contribution in [-0.2, 0) is 14.8 Å². The highest BCUT2D eigenvalue weighted by Gasteiger charge is 2.18. The van der Waals surface area contributed by atoms with E-state index in [-0.39, 0.29) is 33.5 Å². The molecule has 30 heavy (non-hydrogen) atoms. The average molecular weight is 447 g/mol. The number of amides is 1. The molecule has 3 rings (SSSR count). The Kier molecular flexibility index (Phi) is 6.32. The maximum absolute atomic E-state index is 12.4. The second-order valence-corrected chi connectivity index (χ2v) is 8.94. The average Bonchev–Trinajstić information content (AvgIpc) is 2.68. The van der Waals surface area contributed by atoms with E-state index >= 15 is 0 Å². The van der Waals surface area contributed by atoms with E-state index in [1.165, 1.54) is 42.7 Å². The molecule has 1 amide bonds. The maximum Gasteiger partial charge on any atom is 0.264 e. The van der Waals surface area contributed by atoms with Crippen molar-refractivity contribution in [1.29, 1.82) is 0 Å². The van der Waals surface area contributed by atoms with Gasteiger partial charge in [-0.1, -0.05) is 11.8 Å². The lowest BCUT2D eigenvalue weighted by Gasteiger charge is -2.12. The first kappa shape index (κ1) is 21.3. The first-order chi connectivity index (χ1) is 14.2. The number of nitrogen functional groups attached to an aromatic ring is 2. The van der Waals surface area contributed by atoms with Gasteiger partial charge in [0.15, 0.2) is 5.16 Å². The number of aromatic nitrogens is 4. The Hall–Kier alpha value is -3.45. The molecular formula is C17H18N8O3S2. The first-order valence-corrected chi connectivity index (χ1v) is 10.9. The van der Waals surface area contributed by atoms with E-state index in [2.05, 4.69) is 30.0 Å². The fourth-order valence-electron chi connectivity index (χ4n) is 2.22. The first-order valence-electron chi connectivity index (χ1n) is 8.50. The van der Waals surface area contributed by atoms with Crippen LogP contribution < -0.4 is 21.5 Å². The van der Waals surface area contributed by atoms with Gasteiger partial charge in [0, 0.05) is 24.1 Å². The predicted octanol–water partition coefficient (Wildman–Crippen LogP) is 1.35. The summed E-state index contributed by atoms with van der Waals surface area (Å²) in [6.45, 7) is 1.67. The Balaban J connectivity index is 1.63. The molecule has 11 nitrogen and oxygen atoms in total. The maximum atomic E-state index is 12.4. The molecule has 0 bridgehead atoms. The number of nitrogens with zero attached hydrogens (tertiary/aromatic N) is 4. The topological polar surface area (TPSA) is 179 Å². The van der Waals surface area contributed by atoms with Crippen LogP contribution in [0.3, 0.4) is 0 Å². The van der Waals surface area contributed by atoms with E-state index in [1.54, 1.807) is 13.0 Å². The normalized spacial score (nSPS) is 12.2. The molecule has 0 fully saturated rings. The summed E-state index contributed by atoms with van der Waals surface area (Å²) < 4.78 is 27.0.